The first-order valence-corrected chi connectivity index (χ1v) is 4.78. The smallest absolute Gasteiger partial charge is 0.251 e. The zero-order valence-electron chi connectivity index (χ0n) is 9.15. The van der Waals surface area contributed by atoms with Crippen LogP contribution in [0.25, 0.3) is 0 Å². The summed E-state index contributed by atoms with van der Waals surface area (Å²) in [5.41, 5.74) is 0. The second-order valence-corrected chi connectivity index (χ2v) is 3.68. The number of likely N-dealkylation sites (N-methyl/N-ethyl adjacent to an activating group) is 1. The van der Waals surface area contributed by atoms with Gasteiger partial charge in [0.1, 0.15) is 12.1 Å². The van der Waals surface area contributed by atoms with Crippen LogP contribution in [0.15, 0.2) is 0 Å². The molecule has 0 aliphatic rings. The molecule has 1 N–H and O–H groups in total. The van der Waals surface area contributed by atoms with Crippen molar-refractivity contribution < 1.29 is 14.7 Å². The van der Waals surface area contributed by atoms with Gasteiger partial charge in [-0.15, -0.1) is 0 Å². The summed E-state index contributed by atoms with van der Waals surface area (Å²) < 4.78 is 0. The number of carbonyl (C=O) groups excluding carboxylic acids is 2. The number of nitrogens with zero attached hydrogens (tertiary/aromatic N) is 1. The van der Waals surface area contributed by atoms with Crippen LogP contribution in [0.1, 0.15) is 27.2 Å². The quantitative estimate of drug-likeness (QED) is 0.696. The van der Waals surface area contributed by atoms with E-state index in [0.717, 1.165) is 0 Å². The maximum atomic E-state index is 11.5. The molecule has 0 aliphatic heterocycles. The number of hydrogen-bond donors (Lipinski definition) is 1. The minimum atomic E-state index is -1.02. The Morgan fingerprint density at radius 3 is 2.29 bits per heavy atom. The van der Waals surface area contributed by atoms with Crippen LogP contribution >= 0.6 is 0 Å². The van der Waals surface area contributed by atoms with Crippen LogP contribution in [0.3, 0.4) is 0 Å². The molecule has 0 aromatic rings. The van der Waals surface area contributed by atoms with E-state index < -0.39 is 18.1 Å². The van der Waals surface area contributed by atoms with E-state index in [1.54, 1.807) is 13.2 Å². The first-order chi connectivity index (χ1) is 6.45. The molecule has 0 bridgehead atoms. The molecular formula is C10H18NO3. The molecule has 81 valence electrons. The lowest BCUT2D eigenvalue weighted by atomic mass is 10.0. The molecule has 0 saturated carbocycles. The maximum absolute atomic E-state index is 11.5. The molecule has 4 nitrogen and oxygen atoms in total. The predicted molar refractivity (Wildman–Crippen MR) is 53.4 cm³/mol. The Hall–Kier alpha value is -0.900. The van der Waals surface area contributed by atoms with Crippen LogP contribution in [0.5, 0.6) is 0 Å². The monoisotopic (exact) mass is 200 g/mol. The molecule has 0 saturated heterocycles. The van der Waals surface area contributed by atoms with Crippen molar-refractivity contribution in [1.29, 1.82) is 0 Å². The highest BCUT2D eigenvalue weighted by Crippen LogP contribution is 2.09. The van der Waals surface area contributed by atoms with Gasteiger partial charge in [0, 0.05) is 7.05 Å². The SMILES string of the molecule is CCC(O)C(=O)N(C)[C@H]([C]=O)C(C)C. The Bertz CT molecular complexity index is 204. The molecule has 0 spiro atoms. The van der Waals surface area contributed by atoms with E-state index in [-0.39, 0.29) is 5.92 Å². The lowest BCUT2D eigenvalue weighted by Crippen LogP contribution is -2.46. The van der Waals surface area contributed by atoms with Crippen molar-refractivity contribution in [2.24, 2.45) is 5.92 Å². The standard InChI is InChI=1S/C10H18NO3/c1-5-9(13)10(14)11(4)8(6-12)7(2)3/h7-9,13H,5H2,1-4H3/t8-,9?/m1/s1. The van der Waals surface area contributed by atoms with Gasteiger partial charge in [0.2, 0.25) is 6.29 Å². The highest BCUT2D eigenvalue weighted by Gasteiger charge is 2.26. The number of amides is 1. The van der Waals surface area contributed by atoms with Crippen LogP contribution in [0.2, 0.25) is 0 Å². The summed E-state index contributed by atoms with van der Waals surface area (Å²) >= 11 is 0. The Balaban J connectivity index is 4.49. The maximum Gasteiger partial charge on any atom is 0.251 e. The summed E-state index contributed by atoms with van der Waals surface area (Å²) in [4.78, 5) is 23.3. The fraction of sp³-hybridized carbons (Fsp3) is 0.800. The van der Waals surface area contributed by atoms with Gasteiger partial charge in [-0.1, -0.05) is 20.8 Å². The van der Waals surface area contributed by atoms with Crippen LogP contribution in [0.4, 0.5) is 0 Å². The van der Waals surface area contributed by atoms with Crippen molar-refractivity contribution in [3.05, 3.63) is 0 Å². The molecule has 1 unspecified atom stereocenters. The molecule has 0 aromatic carbocycles. The second-order valence-electron chi connectivity index (χ2n) is 3.68. The van der Waals surface area contributed by atoms with Crippen molar-refractivity contribution in [2.45, 2.75) is 39.3 Å². The summed E-state index contributed by atoms with van der Waals surface area (Å²) in [5, 5.41) is 9.30. The normalized spacial score (nSPS) is 15.0. The minimum absolute atomic E-state index is 0.00510. The second kappa shape index (κ2) is 5.75. The Morgan fingerprint density at radius 2 is 2.00 bits per heavy atom. The number of rotatable bonds is 5. The molecule has 0 aromatic heterocycles. The predicted octanol–water partition coefficient (Wildman–Crippen LogP) is 0.350. The van der Waals surface area contributed by atoms with E-state index in [0.29, 0.717) is 6.42 Å². The summed E-state index contributed by atoms with van der Waals surface area (Å²) in [7, 11) is 1.51. The molecule has 1 amide bonds. The van der Waals surface area contributed by atoms with E-state index in [1.807, 2.05) is 13.8 Å². The third-order valence-corrected chi connectivity index (χ3v) is 2.19. The first-order valence-electron chi connectivity index (χ1n) is 4.78. The average molecular weight is 200 g/mol. The van der Waals surface area contributed by atoms with Gasteiger partial charge in [-0.25, -0.2) is 0 Å². The molecule has 0 fully saturated rings. The molecule has 4 heteroatoms. The molecule has 0 rings (SSSR count). The number of aliphatic hydroxyl groups is 1. The zero-order chi connectivity index (χ0) is 11.3. The van der Waals surface area contributed by atoms with E-state index in [4.69, 9.17) is 0 Å². The van der Waals surface area contributed by atoms with Crippen molar-refractivity contribution in [3.63, 3.8) is 0 Å². The van der Waals surface area contributed by atoms with Crippen molar-refractivity contribution in [1.82, 2.24) is 4.90 Å². The molecule has 2 atom stereocenters. The summed E-state index contributed by atoms with van der Waals surface area (Å²) in [6, 6.07) is -0.580. The van der Waals surface area contributed by atoms with Gasteiger partial charge < -0.3 is 10.0 Å². The lowest BCUT2D eigenvalue weighted by molar-refractivity contribution is -0.140. The van der Waals surface area contributed by atoms with E-state index >= 15 is 0 Å². The van der Waals surface area contributed by atoms with Gasteiger partial charge in [0.05, 0.1) is 0 Å². The number of aliphatic hydroxyl groups excluding tert-OH is 1. The fourth-order valence-corrected chi connectivity index (χ4v) is 1.21. The van der Waals surface area contributed by atoms with E-state index in [2.05, 4.69) is 0 Å². The van der Waals surface area contributed by atoms with Gasteiger partial charge in [0.15, 0.2) is 0 Å². The number of hydrogen-bond acceptors (Lipinski definition) is 3. The van der Waals surface area contributed by atoms with Crippen LogP contribution in [-0.4, -0.2) is 41.4 Å². The molecular weight excluding hydrogens is 182 g/mol. The zero-order valence-corrected chi connectivity index (χ0v) is 9.15. The Morgan fingerprint density at radius 1 is 1.50 bits per heavy atom. The Kier molecular flexibility index (Phi) is 5.38. The lowest BCUT2D eigenvalue weighted by Gasteiger charge is -2.27. The third kappa shape index (κ3) is 3.10. The van der Waals surface area contributed by atoms with Gasteiger partial charge in [-0.2, -0.15) is 0 Å². The van der Waals surface area contributed by atoms with Gasteiger partial charge in [-0.3, -0.25) is 9.59 Å². The van der Waals surface area contributed by atoms with E-state index in [9.17, 15) is 14.7 Å². The molecule has 0 aliphatic carbocycles. The molecule has 1 radical (unpaired) electrons. The summed E-state index contributed by atoms with van der Waals surface area (Å²) in [5.74, 6) is -0.417. The van der Waals surface area contributed by atoms with Gasteiger partial charge in [-0.05, 0) is 12.3 Å². The fourth-order valence-electron chi connectivity index (χ4n) is 1.21. The first kappa shape index (κ1) is 13.1. The Labute approximate surface area is 84.9 Å². The highest BCUT2D eigenvalue weighted by molar-refractivity contribution is 5.83. The molecule has 0 heterocycles. The minimum Gasteiger partial charge on any atom is -0.383 e. The third-order valence-electron chi connectivity index (χ3n) is 2.19. The van der Waals surface area contributed by atoms with Crippen LogP contribution < -0.4 is 0 Å². The topological polar surface area (TPSA) is 57.6 Å². The van der Waals surface area contributed by atoms with Crippen molar-refractivity contribution in [2.75, 3.05) is 7.05 Å². The summed E-state index contributed by atoms with van der Waals surface area (Å²) in [6.45, 7) is 5.38. The van der Waals surface area contributed by atoms with E-state index in [1.165, 1.54) is 11.9 Å². The number of carbonyl (C=O) groups is 1. The van der Waals surface area contributed by atoms with Crippen molar-refractivity contribution in [3.8, 4) is 0 Å². The highest BCUT2D eigenvalue weighted by atomic mass is 16.3. The average Bonchev–Trinajstić information content (AvgIpc) is 2.15. The van der Waals surface area contributed by atoms with Gasteiger partial charge >= 0.3 is 0 Å². The van der Waals surface area contributed by atoms with Crippen molar-refractivity contribution >= 4 is 12.2 Å². The van der Waals surface area contributed by atoms with Crippen LogP contribution in [0, 0.1) is 5.92 Å². The van der Waals surface area contributed by atoms with Crippen LogP contribution in [-0.2, 0) is 9.59 Å². The largest absolute Gasteiger partial charge is 0.383 e. The summed E-state index contributed by atoms with van der Waals surface area (Å²) in [6.07, 6.45) is 1.14. The van der Waals surface area contributed by atoms with Gasteiger partial charge in [0.25, 0.3) is 5.91 Å². The molecule has 14 heavy (non-hydrogen) atoms.